The number of hydrogen-bond donors (Lipinski definition) is 2. The number of anilines is 1. The molecule has 3 heteroatoms. The van der Waals surface area contributed by atoms with Gasteiger partial charge in [0.1, 0.15) is 0 Å². The van der Waals surface area contributed by atoms with E-state index in [1.165, 1.54) is 31.7 Å². The lowest BCUT2D eigenvalue weighted by Crippen LogP contribution is -2.26. The summed E-state index contributed by atoms with van der Waals surface area (Å²) in [5, 5.41) is 6.80. The predicted molar refractivity (Wildman–Crippen MR) is 75.6 cm³/mol. The van der Waals surface area contributed by atoms with Crippen LogP contribution in [0, 0.1) is 5.92 Å². The molecule has 3 rings (SSSR count). The molecule has 3 nitrogen and oxygen atoms in total. The second-order valence-electron chi connectivity index (χ2n) is 5.21. The van der Waals surface area contributed by atoms with E-state index in [0.717, 1.165) is 19.0 Å². The highest BCUT2D eigenvalue weighted by Gasteiger charge is 2.29. The van der Waals surface area contributed by atoms with E-state index in [-0.39, 0.29) is 0 Å². The van der Waals surface area contributed by atoms with Gasteiger partial charge in [0.15, 0.2) is 0 Å². The Morgan fingerprint density at radius 2 is 2.17 bits per heavy atom. The predicted octanol–water partition coefficient (Wildman–Crippen LogP) is 1.91. The molecule has 2 heterocycles. The van der Waals surface area contributed by atoms with Gasteiger partial charge in [-0.1, -0.05) is 18.2 Å². The number of benzene rings is 1. The first kappa shape index (κ1) is 11.6. The van der Waals surface area contributed by atoms with Gasteiger partial charge in [-0.15, -0.1) is 0 Å². The van der Waals surface area contributed by atoms with E-state index in [1.54, 1.807) is 5.57 Å². The Morgan fingerprint density at radius 3 is 3.00 bits per heavy atom. The van der Waals surface area contributed by atoms with Crippen molar-refractivity contribution < 1.29 is 0 Å². The SMILES string of the molecule is C1=C2CN(CCCNc3ccccc3)CC2CN1. The first-order chi connectivity index (χ1) is 8.92. The Bertz CT molecular complexity index is 413. The van der Waals surface area contributed by atoms with Gasteiger partial charge in [0.05, 0.1) is 0 Å². The van der Waals surface area contributed by atoms with Crippen LogP contribution in [0.2, 0.25) is 0 Å². The first-order valence-corrected chi connectivity index (χ1v) is 6.85. The minimum Gasteiger partial charge on any atom is -0.390 e. The van der Waals surface area contributed by atoms with Crippen LogP contribution in [-0.2, 0) is 0 Å². The average molecular weight is 243 g/mol. The van der Waals surface area contributed by atoms with Crippen LogP contribution in [0.1, 0.15) is 6.42 Å². The number of rotatable bonds is 5. The number of likely N-dealkylation sites (tertiary alicyclic amines) is 1. The third kappa shape index (κ3) is 2.67. The monoisotopic (exact) mass is 243 g/mol. The molecule has 96 valence electrons. The van der Waals surface area contributed by atoms with Crippen LogP contribution < -0.4 is 10.6 Å². The Hall–Kier alpha value is -1.48. The number of hydrogen-bond acceptors (Lipinski definition) is 3. The normalized spacial score (nSPS) is 22.4. The molecule has 1 saturated heterocycles. The molecule has 2 aliphatic heterocycles. The van der Waals surface area contributed by atoms with Crippen LogP contribution in [0.25, 0.3) is 0 Å². The maximum Gasteiger partial charge on any atom is 0.0340 e. The van der Waals surface area contributed by atoms with Crippen molar-refractivity contribution in [2.45, 2.75) is 6.42 Å². The van der Waals surface area contributed by atoms with E-state index in [0.29, 0.717) is 0 Å². The van der Waals surface area contributed by atoms with E-state index in [9.17, 15) is 0 Å². The summed E-state index contributed by atoms with van der Waals surface area (Å²) >= 11 is 0. The Balaban J connectivity index is 1.36. The van der Waals surface area contributed by atoms with Crippen molar-refractivity contribution in [2.75, 3.05) is 38.0 Å². The largest absolute Gasteiger partial charge is 0.390 e. The molecule has 0 amide bonds. The van der Waals surface area contributed by atoms with Gasteiger partial charge in [-0.3, -0.25) is 4.90 Å². The zero-order valence-electron chi connectivity index (χ0n) is 10.7. The second-order valence-corrected chi connectivity index (χ2v) is 5.21. The zero-order chi connectivity index (χ0) is 12.2. The molecule has 2 N–H and O–H groups in total. The summed E-state index contributed by atoms with van der Waals surface area (Å²) in [7, 11) is 0. The Morgan fingerprint density at radius 1 is 1.28 bits per heavy atom. The van der Waals surface area contributed by atoms with Gasteiger partial charge in [0.2, 0.25) is 0 Å². The molecule has 0 aliphatic carbocycles. The number of nitrogens with one attached hydrogen (secondary N) is 2. The van der Waals surface area contributed by atoms with Crippen molar-refractivity contribution in [2.24, 2.45) is 5.92 Å². The molecule has 1 aromatic carbocycles. The third-order valence-electron chi connectivity index (χ3n) is 3.81. The Labute approximate surface area is 109 Å². The van der Waals surface area contributed by atoms with Crippen LogP contribution in [0.15, 0.2) is 42.1 Å². The van der Waals surface area contributed by atoms with Gasteiger partial charge in [-0.2, -0.15) is 0 Å². The summed E-state index contributed by atoms with van der Waals surface area (Å²) in [6.45, 7) is 5.82. The third-order valence-corrected chi connectivity index (χ3v) is 3.81. The average Bonchev–Trinajstić information content (AvgIpc) is 2.96. The van der Waals surface area contributed by atoms with Gasteiger partial charge in [-0.05, 0) is 30.3 Å². The van der Waals surface area contributed by atoms with Crippen molar-refractivity contribution >= 4 is 5.69 Å². The molecule has 1 atom stereocenters. The van der Waals surface area contributed by atoms with Gasteiger partial charge >= 0.3 is 0 Å². The number of para-hydroxylation sites is 1. The molecule has 1 unspecified atom stereocenters. The van der Waals surface area contributed by atoms with E-state index >= 15 is 0 Å². The van der Waals surface area contributed by atoms with Crippen molar-refractivity contribution in [3.63, 3.8) is 0 Å². The van der Waals surface area contributed by atoms with Crippen LogP contribution >= 0.6 is 0 Å². The molecule has 1 fully saturated rings. The highest BCUT2D eigenvalue weighted by atomic mass is 15.2. The van der Waals surface area contributed by atoms with Crippen molar-refractivity contribution in [3.8, 4) is 0 Å². The lowest BCUT2D eigenvalue weighted by molar-refractivity contribution is 0.322. The summed E-state index contributed by atoms with van der Waals surface area (Å²) in [6.07, 6.45) is 3.43. The molecule has 0 aromatic heterocycles. The maximum absolute atomic E-state index is 3.47. The molecule has 2 aliphatic rings. The quantitative estimate of drug-likeness (QED) is 0.774. The van der Waals surface area contributed by atoms with Gasteiger partial charge in [-0.25, -0.2) is 0 Å². The van der Waals surface area contributed by atoms with Gasteiger partial charge in [0, 0.05) is 44.3 Å². The van der Waals surface area contributed by atoms with Crippen LogP contribution in [0.3, 0.4) is 0 Å². The lowest BCUT2D eigenvalue weighted by atomic mass is 10.1. The van der Waals surface area contributed by atoms with Crippen molar-refractivity contribution in [3.05, 3.63) is 42.1 Å². The molecular formula is C15H21N3. The summed E-state index contributed by atoms with van der Waals surface area (Å²) < 4.78 is 0. The number of fused-ring (bicyclic) bond motifs is 1. The second kappa shape index (κ2) is 5.44. The van der Waals surface area contributed by atoms with Gasteiger partial charge < -0.3 is 10.6 Å². The van der Waals surface area contributed by atoms with Gasteiger partial charge in [0.25, 0.3) is 0 Å². The van der Waals surface area contributed by atoms with Crippen molar-refractivity contribution in [1.82, 2.24) is 10.2 Å². The minimum absolute atomic E-state index is 0.784. The molecule has 0 radical (unpaired) electrons. The number of nitrogens with zero attached hydrogens (tertiary/aromatic N) is 1. The molecule has 1 aromatic rings. The lowest BCUT2D eigenvalue weighted by Gasteiger charge is -2.16. The summed E-state index contributed by atoms with van der Waals surface area (Å²) in [5.74, 6) is 0.784. The van der Waals surface area contributed by atoms with E-state index < -0.39 is 0 Å². The maximum atomic E-state index is 3.47. The fraction of sp³-hybridized carbons (Fsp3) is 0.467. The fourth-order valence-corrected chi connectivity index (χ4v) is 2.83. The van der Waals surface area contributed by atoms with Crippen LogP contribution in [0.4, 0.5) is 5.69 Å². The molecule has 18 heavy (non-hydrogen) atoms. The van der Waals surface area contributed by atoms with E-state index in [4.69, 9.17) is 0 Å². The minimum atomic E-state index is 0.784. The topological polar surface area (TPSA) is 27.3 Å². The highest BCUT2D eigenvalue weighted by molar-refractivity contribution is 5.42. The zero-order valence-corrected chi connectivity index (χ0v) is 10.7. The summed E-state index contributed by atoms with van der Waals surface area (Å²) in [5.41, 5.74) is 2.83. The molecule has 0 bridgehead atoms. The van der Waals surface area contributed by atoms with Crippen molar-refractivity contribution in [1.29, 1.82) is 0 Å². The van der Waals surface area contributed by atoms with E-state index in [2.05, 4.69) is 52.1 Å². The summed E-state index contributed by atoms with van der Waals surface area (Å²) in [6, 6.07) is 10.4. The highest BCUT2D eigenvalue weighted by Crippen LogP contribution is 2.24. The molecule has 0 spiro atoms. The fourth-order valence-electron chi connectivity index (χ4n) is 2.83. The van der Waals surface area contributed by atoms with Crippen LogP contribution in [0.5, 0.6) is 0 Å². The standard InChI is InChI=1S/C15H21N3/c1-2-5-15(6-3-1)17-7-4-8-18-11-13-9-16-10-14(13)12-18/h1-3,5-6,9,14,16-17H,4,7-8,10-12H2. The summed E-state index contributed by atoms with van der Waals surface area (Å²) in [4.78, 5) is 2.57. The Kier molecular flexibility index (Phi) is 3.51. The molecular weight excluding hydrogens is 222 g/mol. The van der Waals surface area contributed by atoms with Crippen LogP contribution in [-0.4, -0.2) is 37.6 Å². The molecule has 0 saturated carbocycles. The van der Waals surface area contributed by atoms with E-state index in [1.807, 2.05) is 0 Å². The smallest absolute Gasteiger partial charge is 0.0340 e. The first-order valence-electron chi connectivity index (χ1n) is 6.85.